The molecule has 1 aliphatic heterocycles. The molecule has 6 nitrogen and oxygen atoms in total. The third-order valence-corrected chi connectivity index (χ3v) is 3.09. The zero-order valence-corrected chi connectivity index (χ0v) is 10.6. The maximum absolute atomic E-state index is 11.9. The Morgan fingerprint density at radius 3 is 3.17 bits per heavy atom. The SMILES string of the molecule is Cc1cc(Cl)cnc1N1CC(CN=[N+]=[N-])CC1=O. The van der Waals surface area contributed by atoms with E-state index in [0.29, 0.717) is 30.4 Å². The van der Waals surface area contributed by atoms with E-state index in [0.717, 1.165) is 5.56 Å². The number of carbonyl (C=O) groups excluding carboxylic acids is 1. The minimum Gasteiger partial charge on any atom is -0.296 e. The standard InChI is InChI=1S/C11H12ClN5O/c1-7-2-9(12)5-14-11(7)17-6-8(3-10(17)18)4-15-16-13/h2,5,8H,3-4,6H2,1H3. The van der Waals surface area contributed by atoms with Crippen LogP contribution in [0.3, 0.4) is 0 Å². The average molecular weight is 266 g/mol. The summed E-state index contributed by atoms with van der Waals surface area (Å²) in [4.78, 5) is 20.4. The molecule has 1 aliphatic rings. The van der Waals surface area contributed by atoms with Gasteiger partial charge < -0.3 is 0 Å². The molecule has 7 heteroatoms. The normalized spacial score (nSPS) is 18.9. The monoisotopic (exact) mass is 265 g/mol. The Morgan fingerprint density at radius 2 is 2.50 bits per heavy atom. The Kier molecular flexibility index (Phi) is 3.69. The summed E-state index contributed by atoms with van der Waals surface area (Å²) in [7, 11) is 0. The van der Waals surface area contributed by atoms with E-state index in [1.165, 1.54) is 6.20 Å². The van der Waals surface area contributed by atoms with E-state index in [9.17, 15) is 4.79 Å². The zero-order chi connectivity index (χ0) is 13.1. The van der Waals surface area contributed by atoms with Gasteiger partial charge in [0.25, 0.3) is 0 Å². The minimum atomic E-state index is 0.00561. The second-order valence-corrected chi connectivity index (χ2v) is 4.72. The van der Waals surface area contributed by atoms with Gasteiger partial charge in [-0.2, -0.15) is 0 Å². The molecule has 2 rings (SSSR count). The lowest BCUT2D eigenvalue weighted by atomic mass is 10.1. The Morgan fingerprint density at radius 1 is 1.72 bits per heavy atom. The first-order chi connectivity index (χ1) is 8.61. The van der Waals surface area contributed by atoms with Crippen molar-refractivity contribution in [3.05, 3.63) is 33.3 Å². The highest BCUT2D eigenvalue weighted by Gasteiger charge is 2.31. The molecule has 18 heavy (non-hydrogen) atoms. The van der Waals surface area contributed by atoms with Crippen molar-refractivity contribution in [2.75, 3.05) is 18.0 Å². The van der Waals surface area contributed by atoms with Crippen LogP contribution < -0.4 is 4.90 Å². The van der Waals surface area contributed by atoms with E-state index in [1.807, 2.05) is 6.92 Å². The number of carbonyl (C=O) groups is 1. The van der Waals surface area contributed by atoms with Crippen LogP contribution >= 0.6 is 11.6 Å². The summed E-state index contributed by atoms with van der Waals surface area (Å²) in [5.41, 5.74) is 9.14. The van der Waals surface area contributed by atoms with Crippen LogP contribution in [0, 0.1) is 12.8 Å². The molecule has 0 saturated carbocycles. The Labute approximate surface area is 109 Å². The average Bonchev–Trinajstić information content (AvgIpc) is 2.68. The third kappa shape index (κ3) is 2.55. The van der Waals surface area contributed by atoms with Crippen molar-refractivity contribution in [3.63, 3.8) is 0 Å². The van der Waals surface area contributed by atoms with Gasteiger partial charge in [0, 0.05) is 30.6 Å². The molecule has 1 aromatic heterocycles. The number of azide groups is 1. The molecule has 0 aromatic carbocycles. The van der Waals surface area contributed by atoms with Crippen LogP contribution in [-0.2, 0) is 4.79 Å². The molecular weight excluding hydrogens is 254 g/mol. The Hall–Kier alpha value is -1.78. The molecule has 1 amide bonds. The fourth-order valence-corrected chi connectivity index (χ4v) is 2.29. The van der Waals surface area contributed by atoms with Crippen LogP contribution in [0.15, 0.2) is 17.4 Å². The number of amides is 1. The molecule has 0 aliphatic carbocycles. The molecule has 1 saturated heterocycles. The van der Waals surface area contributed by atoms with Crippen molar-refractivity contribution in [1.82, 2.24) is 4.98 Å². The highest BCUT2D eigenvalue weighted by Crippen LogP contribution is 2.27. The maximum Gasteiger partial charge on any atom is 0.228 e. The minimum absolute atomic E-state index is 0.00561. The molecule has 0 bridgehead atoms. The number of aromatic nitrogens is 1. The fraction of sp³-hybridized carbons (Fsp3) is 0.455. The van der Waals surface area contributed by atoms with Gasteiger partial charge in [0.1, 0.15) is 5.82 Å². The van der Waals surface area contributed by atoms with Crippen molar-refractivity contribution in [2.24, 2.45) is 11.0 Å². The number of hydrogen-bond acceptors (Lipinski definition) is 3. The van der Waals surface area contributed by atoms with E-state index >= 15 is 0 Å². The summed E-state index contributed by atoms with van der Waals surface area (Å²) < 4.78 is 0. The lowest BCUT2D eigenvalue weighted by Crippen LogP contribution is -2.26. The summed E-state index contributed by atoms with van der Waals surface area (Å²) in [6, 6.07) is 1.78. The lowest BCUT2D eigenvalue weighted by molar-refractivity contribution is -0.117. The van der Waals surface area contributed by atoms with E-state index in [2.05, 4.69) is 15.0 Å². The van der Waals surface area contributed by atoms with Gasteiger partial charge in [-0.05, 0) is 30.0 Å². The maximum atomic E-state index is 11.9. The second kappa shape index (κ2) is 5.25. The topological polar surface area (TPSA) is 82.0 Å². The summed E-state index contributed by atoms with van der Waals surface area (Å²) in [5, 5.41) is 4.06. The van der Waals surface area contributed by atoms with Crippen molar-refractivity contribution in [3.8, 4) is 0 Å². The first-order valence-electron chi connectivity index (χ1n) is 5.55. The van der Waals surface area contributed by atoms with Gasteiger partial charge in [-0.1, -0.05) is 16.7 Å². The molecule has 0 radical (unpaired) electrons. The molecule has 1 unspecified atom stereocenters. The molecule has 0 N–H and O–H groups in total. The van der Waals surface area contributed by atoms with E-state index in [-0.39, 0.29) is 11.8 Å². The van der Waals surface area contributed by atoms with Crippen LogP contribution in [0.4, 0.5) is 5.82 Å². The predicted molar refractivity (Wildman–Crippen MR) is 68.5 cm³/mol. The number of rotatable bonds is 3. The van der Waals surface area contributed by atoms with Gasteiger partial charge in [0.05, 0.1) is 5.02 Å². The smallest absolute Gasteiger partial charge is 0.228 e. The van der Waals surface area contributed by atoms with Gasteiger partial charge in [-0.15, -0.1) is 0 Å². The van der Waals surface area contributed by atoms with Crippen LogP contribution in [0.1, 0.15) is 12.0 Å². The number of nitrogens with zero attached hydrogens (tertiary/aromatic N) is 5. The van der Waals surface area contributed by atoms with Crippen LogP contribution in [0.5, 0.6) is 0 Å². The van der Waals surface area contributed by atoms with Gasteiger partial charge in [0.15, 0.2) is 0 Å². The Bertz CT molecular complexity index is 526. The number of pyridine rings is 1. The number of anilines is 1. The lowest BCUT2D eigenvalue weighted by Gasteiger charge is -2.17. The largest absolute Gasteiger partial charge is 0.296 e. The van der Waals surface area contributed by atoms with Crippen molar-refractivity contribution < 1.29 is 4.79 Å². The summed E-state index contributed by atoms with van der Waals surface area (Å²) in [5.74, 6) is 0.698. The van der Waals surface area contributed by atoms with Crippen LogP contribution in [0.25, 0.3) is 10.4 Å². The molecule has 2 heterocycles. The highest BCUT2D eigenvalue weighted by molar-refractivity contribution is 6.30. The molecule has 94 valence electrons. The number of halogens is 1. The van der Waals surface area contributed by atoms with Gasteiger partial charge in [0.2, 0.25) is 5.91 Å². The molecule has 1 atom stereocenters. The van der Waals surface area contributed by atoms with Crippen molar-refractivity contribution in [1.29, 1.82) is 0 Å². The van der Waals surface area contributed by atoms with Gasteiger partial charge >= 0.3 is 0 Å². The first kappa shape index (κ1) is 12.7. The number of hydrogen-bond donors (Lipinski definition) is 0. The van der Waals surface area contributed by atoms with Crippen LogP contribution in [-0.4, -0.2) is 24.0 Å². The highest BCUT2D eigenvalue weighted by atomic mass is 35.5. The first-order valence-corrected chi connectivity index (χ1v) is 5.93. The molecular formula is C11H12ClN5O. The molecule has 1 aromatic rings. The van der Waals surface area contributed by atoms with E-state index < -0.39 is 0 Å². The van der Waals surface area contributed by atoms with E-state index in [1.54, 1.807) is 11.0 Å². The van der Waals surface area contributed by atoms with Crippen molar-refractivity contribution in [2.45, 2.75) is 13.3 Å². The Balaban J connectivity index is 2.18. The molecule has 0 spiro atoms. The van der Waals surface area contributed by atoms with Gasteiger partial charge in [-0.25, -0.2) is 4.98 Å². The predicted octanol–water partition coefficient (Wildman–Crippen LogP) is 2.71. The third-order valence-electron chi connectivity index (χ3n) is 2.88. The summed E-state index contributed by atoms with van der Waals surface area (Å²) in [6.07, 6.45) is 1.92. The van der Waals surface area contributed by atoms with Crippen molar-refractivity contribution >= 4 is 23.3 Å². The summed E-state index contributed by atoms with van der Waals surface area (Å²) in [6.45, 7) is 2.74. The summed E-state index contributed by atoms with van der Waals surface area (Å²) >= 11 is 5.84. The van der Waals surface area contributed by atoms with Gasteiger partial charge in [-0.3, -0.25) is 9.69 Å². The second-order valence-electron chi connectivity index (χ2n) is 4.28. The molecule has 1 fully saturated rings. The van der Waals surface area contributed by atoms with E-state index in [4.69, 9.17) is 17.1 Å². The fourth-order valence-electron chi connectivity index (χ4n) is 2.08. The quantitative estimate of drug-likeness (QED) is 0.478. The number of aryl methyl sites for hydroxylation is 1. The zero-order valence-electron chi connectivity index (χ0n) is 9.88. The van der Waals surface area contributed by atoms with Crippen LogP contribution in [0.2, 0.25) is 5.02 Å².